The molecular weight excluding hydrogens is 416 g/mol. The maximum atomic E-state index is 12.1. The van der Waals surface area contributed by atoms with Crippen LogP contribution in [0.1, 0.15) is 89.5 Å². The van der Waals surface area contributed by atoms with E-state index in [1.807, 2.05) is 0 Å². The Bertz CT molecular complexity index is 776. The number of carbonyl (C=O) groups is 2. The van der Waals surface area contributed by atoms with Crippen LogP contribution in [-0.4, -0.2) is 24.2 Å². The van der Waals surface area contributed by atoms with Crippen LogP contribution >= 0.6 is 0 Å². The van der Waals surface area contributed by atoms with Gasteiger partial charge in [0.15, 0.2) is 11.5 Å². The molecule has 1 rings (SSSR count). The summed E-state index contributed by atoms with van der Waals surface area (Å²) in [5.41, 5.74) is 0.655. The molecule has 0 heterocycles. The zero-order valence-electron chi connectivity index (χ0n) is 20.3. The minimum atomic E-state index is -1.03. The lowest BCUT2D eigenvalue weighted by molar-refractivity contribution is -0.134. The number of unbranched alkanes of at least 4 members (excludes halogenated alkanes) is 8. The van der Waals surface area contributed by atoms with E-state index in [9.17, 15) is 9.59 Å². The van der Waals surface area contributed by atoms with Crippen molar-refractivity contribution in [1.29, 1.82) is 0 Å². The third-order valence-electron chi connectivity index (χ3n) is 5.16. The van der Waals surface area contributed by atoms with Crippen molar-refractivity contribution in [1.82, 2.24) is 0 Å². The van der Waals surface area contributed by atoms with Crippen molar-refractivity contribution in [2.24, 2.45) is 0 Å². The largest absolute Gasteiger partial charge is 0.493 e. The van der Waals surface area contributed by atoms with E-state index in [0.29, 0.717) is 23.5 Å². The second-order valence-corrected chi connectivity index (χ2v) is 8.04. The van der Waals surface area contributed by atoms with Crippen molar-refractivity contribution in [3.05, 3.63) is 54.1 Å². The van der Waals surface area contributed by atoms with E-state index in [1.165, 1.54) is 51.7 Å². The zero-order valence-corrected chi connectivity index (χ0v) is 20.3. The highest BCUT2D eigenvalue weighted by molar-refractivity contribution is 5.85. The van der Waals surface area contributed by atoms with E-state index < -0.39 is 5.97 Å². The van der Waals surface area contributed by atoms with Gasteiger partial charge in [-0.1, -0.05) is 69.4 Å². The number of hydrogen-bond donors (Lipinski definition) is 1. The normalized spacial score (nSPS) is 11.6. The number of rotatable bonds is 18. The van der Waals surface area contributed by atoms with Crippen LogP contribution in [0.25, 0.3) is 6.08 Å². The Morgan fingerprint density at radius 1 is 0.879 bits per heavy atom. The predicted octanol–water partition coefficient (Wildman–Crippen LogP) is 7.51. The van der Waals surface area contributed by atoms with Crippen molar-refractivity contribution in [2.75, 3.05) is 7.11 Å². The Morgan fingerprint density at radius 3 is 2.21 bits per heavy atom. The van der Waals surface area contributed by atoms with Crippen LogP contribution in [0, 0.1) is 0 Å². The molecule has 0 aliphatic heterocycles. The SMILES string of the molecule is CCCCCC=CCC=CCCCCCCCC(=O)Oc1ccc(C=CC(=O)O)cc1OC. The zero-order chi connectivity index (χ0) is 24.2. The first kappa shape index (κ1) is 28.2. The fraction of sp³-hybridized carbons (Fsp3) is 0.500. The number of hydrogen-bond acceptors (Lipinski definition) is 4. The van der Waals surface area contributed by atoms with Crippen molar-refractivity contribution in [3.8, 4) is 11.5 Å². The second kappa shape index (κ2) is 18.7. The molecule has 0 radical (unpaired) electrons. The number of carboxylic acids is 1. The molecule has 0 fully saturated rings. The van der Waals surface area contributed by atoms with Gasteiger partial charge in [-0.3, -0.25) is 4.79 Å². The summed E-state index contributed by atoms with van der Waals surface area (Å²) in [6, 6.07) is 4.94. The fourth-order valence-corrected chi connectivity index (χ4v) is 3.29. The Morgan fingerprint density at radius 2 is 1.55 bits per heavy atom. The van der Waals surface area contributed by atoms with Crippen LogP contribution in [0.2, 0.25) is 0 Å². The molecule has 0 amide bonds. The summed E-state index contributed by atoms with van der Waals surface area (Å²) < 4.78 is 10.7. The summed E-state index contributed by atoms with van der Waals surface area (Å²) in [5, 5.41) is 8.71. The highest BCUT2D eigenvalue weighted by atomic mass is 16.6. The monoisotopic (exact) mass is 456 g/mol. The van der Waals surface area contributed by atoms with Crippen LogP contribution in [-0.2, 0) is 9.59 Å². The summed E-state index contributed by atoms with van der Waals surface area (Å²) in [6.07, 6.45) is 24.4. The fourth-order valence-electron chi connectivity index (χ4n) is 3.29. The van der Waals surface area contributed by atoms with Gasteiger partial charge < -0.3 is 14.6 Å². The van der Waals surface area contributed by atoms with Crippen molar-refractivity contribution in [2.45, 2.75) is 84.0 Å². The lowest BCUT2D eigenvalue weighted by Gasteiger charge is -2.10. The summed E-state index contributed by atoms with van der Waals surface area (Å²) in [4.78, 5) is 22.8. The molecular formula is C28H40O5. The first-order chi connectivity index (χ1) is 16.1. The van der Waals surface area contributed by atoms with Gasteiger partial charge in [0.2, 0.25) is 0 Å². The summed E-state index contributed by atoms with van der Waals surface area (Å²) in [7, 11) is 1.48. The highest BCUT2D eigenvalue weighted by Gasteiger charge is 2.10. The maximum Gasteiger partial charge on any atom is 0.328 e. The van der Waals surface area contributed by atoms with E-state index in [0.717, 1.165) is 38.2 Å². The Balaban J connectivity index is 2.14. The smallest absolute Gasteiger partial charge is 0.328 e. The molecule has 1 aromatic carbocycles. The van der Waals surface area contributed by atoms with Gasteiger partial charge in [-0.15, -0.1) is 0 Å². The molecule has 1 N–H and O–H groups in total. The van der Waals surface area contributed by atoms with Gasteiger partial charge in [0.25, 0.3) is 0 Å². The number of carboxylic acid groups (broad SMARTS) is 1. The number of carbonyl (C=O) groups excluding carboxylic acids is 1. The molecule has 0 atom stereocenters. The van der Waals surface area contributed by atoms with E-state index in [1.54, 1.807) is 18.2 Å². The summed E-state index contributed by atoms with van der Waals surface area (Å²) >= 11 is 0. The summed E-state index contributed by atoms with van der Waals surface area (Å²) in [6.45, 7) is 2.23. The van der Waals surface area contributed by atoms with Crippen molar-refractivity contribution < 1.29 is 24.2 Å². The topological polar surface area (TPSA) is 72.8 Å². The Labute approximate surface area is 199 Å². The van der Waals surface area contributed by atoms with E-state index in [2.05, 4.69) is 31.2 Å². The molecule has 0 saturated heterocycles. The van der Waals surface area contributed by atoms with Crippen LogP contribution in [0.4, 0.5) is 0 Å². The molecule has 0 spiro atoms. The number of ether oxygens (including phenoxy) is 2. The van der Waals surface area contributed by atoms with Gasteiger partial charge in [0.1, 0.15) is 0 Å². The predicted molar refractivity (Wildman–Crippen MR) is 135 cm³/mol. The van der Waals surface area contributed by atoms with Crippen LogP contribution < -0.4 is 9.47 Å². The molecule has 5 nitrogen and oxygen atoms in total. The van der Waals surface area contributed by atoms with Gasteiger partial charge in [-0.05, 0) is 62.3 Å². The van der Waals surface area contributed by atoms with E-state index in [4.69, 9.17) is 14.6 Å². The van der Waals surface area contributed by atoms with Gasteiger partial charge in [0, 0.05) is 12.5 Å². The molecule has 0 unspecified atom stereocenters. The van der Waals surface area contributed by atoms with Gasteiger partial charge in [-0.2, -0.15) is 0 Å². The minimum Gasteiger partial charge on any atom is -0.493 e. The maximum absolute atomic E-state index is 12.1. The quantitative estimate of drug-likeness (QED) is 0.0813. The van der Waals surface area contributed by atoms with Crippen molar-refractivity contribution >= 4 is 18.0 Å². The molecule has 0 saturated carbocycles. The Hall–Kier alpha value is -2.82. The minimum absolute atomic E-state index is 0.284. The molecule has 33 heavy (non-hydrogen) atoms. The van der Waals surface area contributed by atoms with Crippen LogP contribution in [0.5, 0.6) is 11.5 Å². The number of esters is 1. The van der Waals surface area contributed by atoms with Gasteiger partial charge >= 0.3 is 11.9 Å². The molecule has 0 aliphatic rings. The average molecular weight is 457 g/mol. The average Bonchev–Trinajstić information content (AvgIpc) is 2.80. The van der Waals surface area contributed by atoms with Gasteiger partial charge in [-0.25, -0.2) is 4.79 Å². The van der Waals surface area contributed by atoms with Crippen LogP contribution in [0.15, 0.2) is 48.6 Å². The van der Waals surface area contributed by atoms with Crippen molar-refractivity contribution in [3.63, 3.8) is 0 Å². The molecule has 1 aromatic rings. The molecule has 0 bridgehead atoms. The van der Waals surface area contributed by atoms with E-state index >= 15 is 0 Å². The first-order valence-electron chi connectivity index (χ1n) is 12.2. The lowest BCUT2D eigenvalue weighted by Crippen LogP contribution is -2.08. The Kier molecular flexibility index (Phi) is 16.0. The number of aliphatic carboxylic acids is 1. The second-order valence-electron chi connectivity index (χ2n) is 8.04. The summed E-state index contributed by atoms with van der Waals surface area (Å²) in [5.74, 6) is -0.567. The number of allylic oxidation sites excluding steroid dienone is 4. The van der Waals surface area contributed by atoms with E-state index in [-0.39, 0.29) is 5.97 Å². The molecule has 182 valence electrons. The number of benzene rings is 1. The third kappa shape index (κ3) is 14.8. The van der Waals surface area contributed by atoms with Gasteiger partial charge in [0.05, 0.1) is 7.11 Å². The standard InChI is InChI=1S/C28H40O5/c1-3-4-5-6-7-8-9-10-11-12-13-14-15-16-17-18-28(31)33-25-21-19-24(20-22-27(29)30)23-26(25)32-2/h7-8,10-11,19-23H,3-6,9,12-18H2,1-2H3,(H,29,30). The van der Waals surface area contributed by atoms with Crippen LogP contribution in [0.3, 0.4) is 0 Å². The molecule has 0 aromatic heterocycles. The number of methoxy groups -OCH3 is 1. The first-order valence-corrected chi connectivity index (χ1v) is 12.2. The lowest BCUT2D eigenvalue weighted by atomic mass is 10.1. The highest BCUT2D eigenvalue weighted by Crippen LogP contribution is 2.29. The third-order valence-corrected chi connectivity index (χ3v) is 5.16. The molecule has 5 heteroatoms. The molecule has 0 aliphatic carbocycles.